The van der Waals surface area contributed by atoms with Crippen molar-refractivity contribution in [2.75, 3.05) is 20.6 Å². The summed E-state index contributed by atoms with van der Waals surface area (Å²) < 4.78 is 0. The van der Waals surface area contributed by atoms with Crippen molar-refractivity contribution >= 4 is 0 Å². The molecule has 2 heteroatoms. The maximum Gasteiger partial charge on any atom is 0.0328 e. The minimum atomic E-state index is 0.420. The van der Waals surface area contributed by atoms with E-state index in [0.29, 0.717) is 5.54 Å². The zero-order chi connectivity index (χ0) is 13.0. The smallest absolute Gasteiger partial charge is 0.0328 e. The Kier molecular flexibility index (Phi) is 4.41. The van der Waals surface area contributed by atoms with Crippen LogP contribution in [0.25, 0.3) is 0 Å². The summed E-state index contributed by atoms with van der Waals surface area (Å²) in [5, 5.41) is 3.62. The number of likely N-dealkylation sites (N-methyl/N-ethyl adjacent to an activating group) is 1. The van der Waals surface area contributed by atoms with E-state index in [1.165, 1.54) is 30.4 Å². The van der Waals surface area contributed by atoms with E-state index in [-0.39, 0.29) is 0 Å². The molecule has 18 heavy (non-hydrogen) atoms. The van der Waals surface area contributed by atoms with Gasteiger partial charge in [-0.25, -0.2) is 0 Å². The maximum atomic E-state index is 3.62. The third kappa shape index (κ3) is 2.93. The second-order valence-corrected chi connectivity index (χ2v) is 5.75. The molecule has 0 bridgehead atoms. The highest BCUT2D eigenvalue weighted by molar-refractivity contribution is 5.22. The Bertz CT molecular complexity index is 363. The zero-order valence-corrected chi connectivity index (χ0v) is 12.0. The van der Waals surface area contributed by atoms with E-state index in [0.717, 1.165) is 19.5 Å². The minimum Gasteiger partial charge on any atom is -0.311 e. The van der Waals surface area contributed by atoms with Crippen molar-refractivity contribution in [2.24, 2.45) is 0 Å². The van der Waals surface area contributed by atoms with E-state index in [1.54, 1.807) is 0 Å². The van der Waals surface area contributed by atoms with Crippen LogP contribution in [0.1, 0.15) is 37.3 Å². The molecule has 1 aromatic rings. The SMILES string of the molecule is CCc1ccc(CNCC2(N(C)C)CCC2)cc1. The molecule has 1 aliphatic carbocycles. The number of nitrogens with one attached hydrogen (secondary N) is 1. The summed E-state index contributed by atoms with van der Waals surface area (Å²) in [5.41, 5.74) is 3.23. The van der Waals surface area contributed by atoms with Gasteiger partial charge in [0.15, 0.2) is 0 Å². The van der Waals surface area contributed by atoms with Gasteiger partial charge in [-0.1, -0.05) is 31.2 Å². The molecule has 0 saturated heterocycles. The maximum absolute atomic E-state index is 3.62. The number of rotatable bonds is 6. The molecule has 0 amide bonds. The first-order valence-electron chi connectivity index (χ1n) is 7.12. The first kappa shape index (κ1) is 13.6. The van der Waals surface area contributed by atoms with E-state index >= 15 is 0 Å². The Labute approximate surface area is 111 Å². The molecule has 2 rings (SSSR count). The fourth-order valence-electron chi connectivity index (χ4n) is 2.70. The Morgan fingerprint density at radius 2 is 1.72 bits per heavy atom. The van der Waals surface area contributed by atoms with Crippen LogP contribution in [0.4, 0.5) is 0 Å². The quantitative estimate of drug-likeness (QED) is 0.830. The minimum absolute atomic E-state index is 0.420. The molecule has 2 nitrogen and oxygen atoms in total. The molecule has 1 aromatic carbocycles. The van der Waals surface area contributed by atoms with Gasteiger partial charge >= 0.3 is 0 Å². The molecular formula is C16H26N2. The molecule has 100 valence electrons. The van der Waals surface area contributed by atoms with E-state index < -0.39 is 0 Å². The topological polar surface area (TPSA) is 15.3 Å². The Morgan fingerprint density at radius 3 is 2.17 bits per heavy atom. The Morgan fingerprint density at radius 1 is 1.11 bits per heavy atom. The average Bonchev–Trinajstić information content (AvgIpc) is 2.33. The molecule has 1 aliphatic rings. The van der Waals surface area contributed by atoms with Crippen LogP contribution in [0, 0.1) is 0 Å². The van der Waals surface area contributed by atoms with Crippen LogP contribution in [0.15, 0.2) is 24.3 Å². The predicted octanol–water partition coefficient (Wildman–Crippen LogP) is 2.82. The Balaban J connectivity index is 1.80. The van der Waals surface area contributed by atoms with Gasteiger partial charge in [0.2, 0.25) is 0 Å². The molecule has 0 aromatic heterocycles. The number of hydrogen-bond donors (Lipinski definition) is 1. The molecule has 0 spiro atoms. The van der Waals surface area contributed by atoms with Crippen LogP contribution in [0.2, 0.25) is 0 Å². The van der Waals surface area contributed by atoms with Crippen LogP contribution < -0.4 is 5.32 Å². The van der Waals surface area contributed by atoms with Crippen LogP contribution in [-0.4, -0.2) is 31.1 Å². The van der Waals surface area contributed by atoms with Crippen molar-refractivity contribution < 1.29 is 0 Å². The van der Waals surface area contributed by atoms with Gasteiger partial charge in [-0.15, -0.1) is 0 Å². The van der Waals surface area contributed by atoms with Crippen molar-refractivity contribution in [3.63, 3.8) is 0 Å². The van der Waals surface area contributed by atoms with Gasteiger partial charge in [-0.05, 0) is 50.9 Å². The summed E-state index contributed by atoms with van der Waals surface area (Å²) in [4.78, 5) is 2.39. The highest BCUT2D eigenvalue weighted by Gasteiger charge is 2.38. The van der Waals surface area contributed by atoms with Gasteiger partial charge in [-0.2, -0.15) is 0 Å². The van der Waals surface area contributed by atoms with Crippen LogP contribution in [0.3, 0.4) is 0 Å². The summed E-state index contributed by atoms with van der Waals surface area (Å²) >= 11 is 0. The third-order valence-corrected chi connectivity index (χ3v) is 4.45. The lowest BCUT2D eigenvalue weighted by atomic mass is 9.75. The molecule has 0 aliphatic heterocycles. The zero-order valence-electron chi connectivity index (χ0n) is 12.0. The summed E-state index contributed by atoms with van der Waals surface area (Å²) in [7, 11) is 4.41. The standard InChI is InChI=1S/C16H26N2/c1-4-14-6-8-15(9-7-14)12-17-13-16(18(2)3)10-5-11-16/h6-9,17H,4-5,10-13H2,1-3H3. The highest BCUT2D eigenvalue weighted by Crippen LogP contribution is 2.35. The largest absolute Gasteiger partial charge is 0.311 e. The van der Waals surface area contributed by atoms with Gasteiger partial charge in [0.1, 0.15) is 0 Å². The fourth-order valence-corrected chi connectivity index (χ4v) is 2.70. The van der Waals surface area contributed by atoms with Crippen LogP contribution >= 0.6 is 0 Å². The molecular weight excluding hydrogens is 220 g/mol. The normalized spacial score (nSPS) is 17.8. The molecule has 0 atom stereocenters. The molecule has 1 N–H and O–H groups in total. The third-order valence-electron chi connectivity index (χ3n) is 4.45. The molecule has 0 unspecified atom stereocenters. The van der Waals surface area contributed by atoms with Crippen molar-refractivity contribution in [1.29, 1.82) is 0 Å². The van der Waals surface area contributed by atoms with Gasteiger partial charge in [-0.3, -0.25) is 0 Å². The van der Waals surface area contributed by atoms with E-state index in [4.69, 9.17) is 0 Å². The summed E-state index contributed by atoms with van der Waals surface area (Å²) in [5.74, 6) is 0. The van der Waals surface area contributed by atoms with E-state index in [2.05, 4.69) is 55.5 Å². The highest BCUT2D eigenvalue weighted by atomic mass is 15.2. The van der Waals surface area contributed by atoms with Crippen molar-refractivity contribution in [3.8, 4) is 0 Å². The lowest BCUT2D eigenvalue weighted by Gasteiger charge is -2.47. The van der Waals surface area contributed by atoms with Crippen molar-refractivity contribution in [2.45, 2.75) is 44.7 Å². The molecule has 1 saturated carbocycles. The lowest BCUT2D eigenvalue weighted by Crippen LogP contribution is -2.56. The fraction of sp³-hybridized carbons (Fsp3) is 0.625. The predicted molar refractivity (Wildman–Crippen MR) is 77.8 cm³/mol. The molecule has 1 fully saturated rings. The first-order chi connectivity index (χ1) is 8.66. The Hall–Kier alpha value is -0.860. The summed E-state index contributed by atoms with van der Waals surface area (Å²) in [6.45, 7) is 4.29. The average molecular weight is 246 g/mol. The lowest BCUT2D eigenvalue weighted by molar-refractivity contribution is 0.0598. The van der Waals surface area contributed by atoms with E-state index in [1.807, 2.05) is 0 Å². The summed E-state index contributed by atoms with van der Waals surface area (Å²) in [6.07, 6.45) is 5.17. The molecule has 0 radical (unpaired) electrons. The number of nitrogens with zero attached hydrogens (tertiary/aromatic N) is 1. The molecule has 0 heterocycles. The second kappa shape index (κ2) is 5.85. The van der Waals surface area contributed by atoms with Gasteiger partial charge < -0.3 is 10.2 Å². The van der Waals surface area contributed by atoms with Crippen molar-refractivity contribution in [1.82, 2.24) is 10.2 Å². The van der Waals surface area contributed by atoms with Gasteiger partial charge in [0.05, 0.1) is 0 Å². The second-order valence-electron chi connectivity index (χ2n) is 5.75. The van der Waals surface area contributed by atoms with Gasteiger partial charge in [0.25, 0.3) is 0 Å². The monoisotopic (exact) mass is 246 g/mol. The van der Waals surface area contributed by atoms with Gasteiger partial charge in [0, 0.05) is 18.6 Å². The van der Waals surface area contributed by atoms with Crippen LogP contribution in [0.5, 0.6) is 0 Å². The number of aryl methyl sites for hydroxylation is 1. The summed E-state index contributed by atoms with van der Waals surface area (Å²) in [6, 6.07) is 8.97. The van der Waals surface area contributed by atoms with E-state index in [9.17, 15) is 0 Å². The number of benzene rings is 1. The van der Waals surface area contributed by atoms with Crippen LogP contribution in [-0.2, 0) is 13.0 Å². The number of hydrogen-bond acceptors (Lipinski definition) is 2. The first-order valence-corrected chi connectivity index (χ1v) is 7.12. The van der Waals surface area contributed by atoms with Crippen molar-refractivity contribution in [3.05, 3.63) is 35.4 Å².